The van der Waals surface area contributed by atoms with Crippen molar-refractivity contribution in [1.82, 2.24) is 20.0 Å². The van der Waals surface area contributed by atoms with Crippen LogP contribution in [0.4, 0.5) is 13.2 Å². The third-order valence-electron chi connectivity index (χ3n) is 3.10. The third kappa shape index (κ3) is 6.93. The van der Waals surface area contributed by atoms with Gasteiger partial charge in [0.1, 0.15) is 5.65 Å². The Morgan fingerprint density at radius 3 is 2.75 bits per heavy atom. The van der Waals surface area contributed by atoms with Crippen molar-refractivity contribution in [2.45, 2.75) is 25.9 Å². The Morgan fingerprint density at radius 1 is 1.29 bits per heavy atom. The summed E-state index contributed by atoms with van der Waals surface area (Å²) in [6.07, 6.45) is -0.592. The molecule has 0 bridgehead atoms. The first-order valence-corrected chi connectivity index (χ1v) is 7.49. The summed E-state index contributed by atoms with van der Waals surface area (Å²) in [6.45, 7) is 2.71. The quantitative estimate of drug-likeness (QED) is 0.400. The Balaban J connectivity index is 0.00000288. The fourth-order valence-electron chi connectivity index (χ4n) is 2.05. The van der Waals surface area contributed by atoms with Crippen LogP contribution >= 0.6 is 24.0 Å². The van der Waals surface area contributed by atoms with E-state index in [1.54, 1.807) is 0 Å². The molecule has 0 saturated heterocycles. The van der Waals surface area contributed by atoms with Gasteiger partial charge in [-0.25, -0.2) is 4.98 Å². The van der Waals surface area contributed by atoms with Crippen molar-refractivity contribution in [3.8, 4) is 0 Å². The summed E-state index contributed by atoms with van der Waals surface area (Å²) in [4.78, 5) is 8.39. The van der Waals surface area contributed by atoms with Crippen molar-refractivity contribution in [2.75, 3.05) is 19.6 Å². The summed E-state index contributed by atoms with van der Waals surface area (Å²) < 4.78 is 38.4. The molecule has 0 saturated carbocycles. The Morgan fingerprint density at radius 2 is 2.08 bits per heavy atom. The third-order valence-corrected chi connectivity index (χ3v) is 3.10. The molecule has 9 heteroatoms. The van der Waals surface area contributed by atoms with Gasteiger partial charge in [-0.2, -0.15) is 13.2 Å². The molecular formula is C15H21F3IN5. The largest absolute Gasteiger partial charge is 0.390 e. The lowest BCUT2D eigenvalue weighted by Gasteiger charge is -2.11. The molecule has 0 spiro atoms. The van der Waals surface area contributed by atoms with Crippen LogP contribution < -0.4 is 10.6 Å². The highest BCUT2D eigenvalue weighted by molar-refractivity contribution is 14.0. The maximum Gasteiger partial charge on any atom is 0.390 e. The van der Waals surface area contributed by atoms with Gasteiger partial charge < -0.3 is 15.0 Å². The van der Waals surface area contributed by atoms with Gasteiger partial charge in [0.2, 0.25) is 0 Å². The Bertz CT molecular complexity index is 621. The molecule has 0 aliphatic carbocycles. The minimum atomic E-state index is -4.18. The molecule has 0 aliphatic rings. The number of hydrogen-bond acceptors (Lipinski definition) is 2. The summed E-state index contributed by atoms with van der Waals surface area (Å²) in [7, 11) is 0. The van der Waals surface area contributed by atoms with Gasteiger partial charge in [-0.3, -0.25) is 4.99 Å². The van der Waals surface area contributed by atoms with Gasteiger partial charge in [0.25, 0.3) is 0 Å². The molecule has 0 atom stereocenters. The van der Waals surface area contributed by atoms with Gasteiger partial charge >= 0.3 is 6.18 Å². The van der Waals surface area contributed by atoms with E-state index in [9.17, 15) is 13.2 Å². The molecule has 0 unspecified atom stereocenters. The number of nitrogens with zero attached hydrogens (tertiary/aromatic N) is 3. The molecule has 24 heavy (non-hydrogen) atoms. The monoisotopic (exact) mass is 455 g/mol. The highest BCUT2D eigenvalue weighted by atomic mass is 127. The standard InChI is InChI=1S/C15H20F3N5.HI/c1-2-19-14(21-9-7-15(16,17)18)20-8-6-12-11-23-10-4-3-5-13(23)22-12;/h3-5,10-11H,2,6-9H2,1H3,(H2,19,20,21);1H. The van der Waals surface area contributed by atoms with E-state index in [4.69, 9.17) is 0 Å². The van der Waals surface area contributed by atoms with Crippen molar-refractivity contribution < 1.29 is 13.2 Å². The van der Waals surface area contributed by atoms with Gasteiger partial charge in [-0.15, -0.1) is 24.0 Å². The van der Waals surface area contributed by atoms with Crippen molar-refractivity contribution in [3.05, 3.63) is 36.3 Å². The van der Waals surface area contributed by atoms with Crippen LogP contribution in [0.1, 0.15) is 19.0 Å². The van der Waals surface area contributed by atoms with Crippen LogP contribution in [0, 0.1) is 0 Å². The normalized spacial score (nSPS) is 12.1. The number of fused-ring (bicyclic) bond motifs is 1. The molecule has 5 nitrogen and oxygen atoms in total. The lowest BCUT2D eigenvalue weighted by Crippen LogP contribution is -2.38. The number of aromatic nitrogens is 2. The van der Waals surface area contributed by atoms with Gasteiger partial charge in [-0.1, -0.05) is 6.07 Å². The number of pyridine rings is 1. The predicted octanol–water partition coefficient (Wildman–Crippen LogP) is 3.00. The first-order chi connectivity index (χ1) is 11.0. The summed E-state index contributed by atoms with van der Waals surface area (Å²) in [6, 6.07) is 5.76. The fourth-order valence-corrected chi connectivity index (χ4v) is 2.05. The fraction of sp³-hybridized carbons (Fsp3) is 0.467. The Hall–Kier alpha value is -1.52. The molecule has 0 fully saturated rings. The van der Waals surface area contributed by atoms with Gasteiger partial charge in [-0.05, 0) is 19.1 Å². The predicted molar refractivity (Wildman–Crippen MR) is 99.0 cm³/mol. The van der Waals surface area contributed by atoms with Crippen LogP contribution in [0.15, 0.2) is 35.6 Å². The molecule has 2 aromatic heterocycles. The first-order valence-electron chi connectivity index (χ1n) is 7.49. The van der Waals surface area contributed by atoms with Crippen molar-refractivity contribution in [1.29, 1.82) is 0 Å². The number of imidazole rings is 1. The average molecular weight is 455 g/mol. The van der Waals surface area contributed by atoms with Crippen molar-refractivity contribution in [3.63, 3.8) is 0 Å². The van der Waals surface area contributed by atoms with Crippen LogP contribution in [-0.2, 0) is 6.42 Å². The number of rotatable bonds is 6. The molecule has 0 aliphatic heterocycles. The first kappa shape index (κ1) is 20.5. The van der Waals surface area contributed by atoms with E-state index in [-0.39, 0.29) is 30.5 Å². The van der Waals surface area contributed by atoms with Gasteiger partial charge in [0.05, 0.1) is 18.7 Å². The van der Waals surface area contributed by atoms with Crippen molar-refractivity contribution >= 4 is 35.6 Å². The molecular weight excluding hydrogens is 434 g/mol. The molecule has 2 rings (SSSR count). The van der Waals surface area contributed by atoms with E-state index >= 15 is 0 Å². The maximum absolute atomic E-state index is 12.1. The second-order valence-electron chi connectivity index (χ2n) is 5.00. The van der Waals surface area contributed by atoms with Crippen LogP contribution in [0.25, 0.3) is 5.65 Å². The zero-order valence-corrected chi connectivity index (χ0v) is 15.6. The molecule has 134 valence electrons. The zero-order valence-electron chi connectivity index (χ0n) is 13.3. The molecule has 0 aromatic carbocycles. The second kappa shape index (κ2) is 9.70. The summed E-state index contributed by atoms with van der Waals surface area (Å²) in [5.41, 5.74) is 1.78. The Labute approximate surface area is 155 Å². The van der Waals surface area contributed by atoms with E-state index in [0.717, 1.165) is 11.3 Å². The van der Waals surface area contributed by atoms with Crippen LogP contribution in [0.2, 0.25) is 0 Å². The Kier molecular flexibility index (Phi) is 8.29. The number of alkyl halides is 3. The topological polar surface area (TPSA) is 53.7 Å². The molecule has 0 radical (unpaired) electrons. The molecule has 2 heterocycles. The highest BCUT2D eigenvalue weighted by Gasteiger charge is 2.26. The summed E-state index contributed by atoms with van der Waals surface area (Å²) in [5, 5.41) is 5.95. The smallest absolute Gasteiger partial charge is 0.357 e. The summed E-state index contributed by atoms with van der Waals surface area (Å²) >= 11 is 0. The SMILES string of the molecule is CCNC(=NCCC(F)(F)F)NCCc1cn2ccccc2n1.I. The lowest BCUT2D eigenvalue weighted by molar-refractivity contribution is -0.132. The number of halogens is 4. The number of hydrogen-bond donors (Lipinski definition) is 2. The number of guanidine groups is 1. The summed E-state index contributed by atoms with van der Waals surface area (Å²) in [5.74, 6) is 0.389. The van der Waals surface area contributed by atoms with E-state index in [1.165, 1.54) is 0 Å². The lowest BCUT2D eigenvalue weighted by atomic mass is 10.3. The molecule has 2 aromatic rings. The van der Waals surface area contributed by atoms with Crippen LogP contribution in [-0.4, -0.2) is 41.2 Å². The minimum absolute atomic E-state index is 0. The van der Waals surface area contributed by atoms with Crippen LogP contribution in [0.5, 0.6) is 0 Å². The molecule has 0 amide bonds. The van der Waals surface area contributed by atoms with Crippen LogP contribution in [0.3, 0.4) is 0 Å². The van der Waals surface area contributed by atoms with Crippen molar-refractivity contribution in [2.24, 2.45) is 4.99 Å². The number of nitrogens with one attached hydrogen (secondary N) is 2. The van der Waals surface area contributed by atoms with E-state index in [0.29, 0.717) is 25.5 Å². The van der Waals surface area contributed by atoms with E-state index < -0.39 is 12.6 Å². The van der Waals surface area contributed by atoms with E-state index in [2.05, 4.69) is 20.6 Å². The highest BCUT2D eigenvalue weighted by Crippen LogP contribution is 2.18. The van der Waals surface area contributed by atoms with E-state index in [1.807, 2.05) is 41.9 Å². The van der Waals surface area contributed by atoms with Gasteiger partial charge in [0, 0.05) is 31.9 Å². The zero-order chi connectivity index (χ0) is 16.7. The minimum Gasteiger partial charge on any atom is -0.357 e. The maximum atomic E-state index is 12.1. The molecule has 2 N–H and O–H groups in total. The number of aliphatic imine (C=N–C) groups is 1. The van der Waals surface area contributed by atoms with Gasteiger partial charge in [0.15, 0.2) is 5.96 Å². The average Bonchev–Trinajstić information content (AvgIpc) is 2.88. The second-order valence-corrected chi connectivity index (χ2v) is 5.00.